The molecule has 11 nitrogen and oxygen atoms in total. The highest BCUT2D eigenvalue weighted by Crippen LogP contribution is 2.38. The van der Waals surface area contributed by atoms with Crippen molar-refractivity contribution in [1.82, 2.24) is 10.7 Å². The molecule has 0 saturated carbocycles. The summed E-state index contributed by atoms with van der Waals surface area (Å²) < 4.78 is 26.8. The van der Waals surface area contributed by atoms with Gasteiger partial charge in [0.2, 0.25) is 11.7 Å². The number of rotatable bonds is 13. The van der Waals surface area contributed by atoms with Crippen LogP contribution in [-0.4, -0.2) is 59.0 Å². The zero-order chi connectivity index (χ0) is 29.8. The van der Waals surface area contributed by atoms with Crippen molar-refractivity contribution in [2.45, 2.75) is 12.8 Å². The molecule has 12 heteroatoms. The van der Waals surface area contributed by atoms with Crippen LogP contribution in [0, 0.1) is 0 Å². The largest absolute Gasteiger partial charge is 0.493 e. The fourth-order valence-electron chi connectivity index (χ4n) is 3.63. The molecular weight excluding hydrogens is 554 g/mol. The fourth-order valence-corrected chi connectivity index (χ4v) is 3.85. The van der Waals surface area contributed by atoms with Crippen LogP contribution < -0.4 is 34.4 Å². The third-order valence-corrected chi connectivity index (χ3v) is 6.01. The number of methoxy groups -OCH3 is 4. The molecule has 0 unspecified atom stereocenters. The summed E-state index contributed by atoms with van der Waals surface area (Å²) in [5, 5.41) is 7.04. The number of hydrogen-bond acceptors (Lipinski definition) is 9. The second-order valence-electron chi connectivity index (χ2n) is 8.35. The minimum absolute atomic E-state index is 0.152. The van der Waals surface area contributed by atoms with Gasteiger partial charge in [-0.25, -0.2) is 10.2 Å². The van der Waals surface area contributed by atoms with Crippen molar-refractivity contribution in [3.63, 3.8) is 0 Å². The molecule has 0 aromatic heterocycles. The van der Waals surface area contributed by atoms with Gasteiger partial charge in [-0.05, 0) is 54.4 Å². The van der Waals surface area contributed by atoms with Crippen LogP contribution in [0.4, 0.5) is 0 Å². The maximum absolute atomic E-state index is 12.9. The summed E-state index contributed by atoms with van der Waals surface area (Å²) in [5.74, 6) is 0.111. The average Bonchev–Trinajstić information content (AvgIpc) is 2.99. The smallest absolute Gasteiger partial charge is 0.343 e. The van der Waals surface area contributed by atoms with E-state index in [9.17, 15) is 14.4 Å². The van der Waals surface area contributed by atoms with Gasteiger partial charge in [0.15, 0.2) is 23.0 Å². The molecule has 0 spiro atoms. The number of esters is 1. The Balaban J connectivity index is 1.53. The molecule has 0 aliphatic carbocycles. The van der Waals surface area contributed by atoms with Crippen LogP contribution in [0.1, 0.15) is 39.1 Å². The van der Waals surface area contributed by atoms with E-state index in [4.69, 9.17) is 35.3 Å². The van der Waals surface area contributed by atoms with E-state index in [1.807, 2.05) is 0 Å². The highest BCUT2D eigenvalue weighted by Gasteiger charge is 2.19. The molecule has 3 aromatic carbocycles. The van der Waals surface area contributed by atoms with Crippen LogP contribution in [-0.2, 0) is 4.79 Å². The lowest BCUT2D eigenvalue weighted by Gasteiger charge is -2.14. The first kappa shape index (κ1) is 30.8. The number of amides is 2. The number of carbonyl (C=O) groups excluding carboxylic acids is 3. The van der Waals surface area contributed by atoms with Crippen LogP contribution in [0.15, 0.2) is 59.7 Å². The lowest BCUT2D eigenvalue weighted by atomic mass is 10.1. The van der Waals surface area contributed by atoms with E-state index >= 15 is 0 Å². The maximum atomic E-state index is 12.9. The van der Waals surface area contributed by atoms with E-state index in [0.29, 0.717) is 46.4 Å². The van der Waals surface area contributed by atoms with E-state index in [1.54, 1.807) is 42.5 Å². The normalized spacial score (nSPS) is 10.6. The van der Waals surface area contributed by atoms with Crippen molar-refractivity contribution in [2.75, 3.05) is 35.0 Å². The van der Waals surface area contributed by atoms with Crippen LogP contribution in [0.25, 0.3) is 0 Å². The van der Waals surface area contributed by atoms with Crippen molar-refractivity contribution in [1.29, 1.82) is 0 Å². The molecule has 0 saturated heterocycles. The summed E-state index contributed by atoms with van der Waals surface area (Å²) >= 11 is 6.01. The Morgan fingerprint density at radius 3 is 2.17 bits per heavy atom. The summed E-state index contributed by atoms with van der Waals surface area (Å²) in [6.07, 6.45) is 1.99. The quantitative estimate of drug-likeness (QED) is 0.100. The number of nitrogens with one attached hydrogen (secondary N) is 2. The van der Waals surface area contributed by atoms with Gasteiger partial charge >= 0.3 is 5.97 Å². The zero-order valence-corrected chi connectivity index (χ0v) is 23.7. The summed E-state index contributed by atoms with van der Waals surface area (Å²) in [6, 6.07) is 14.5. The number of halogens is 1. The zero-order valence-electron chi connectivity index (χ0n) is 23.0. The summed E-state index contributed by atoms with van der Waals surface area (Å²) in [6.45, 7) is 0.300. The lowest BCUT2D eigenvalue weighted by molar-refractivity contribution is -0.121. The average molecular weight is 584 g/mol. The molecule has 41 heavy (non-hydrogen) atoms. The Morgan fingerprint density at radius 1 is 0.854 bits per heavy atom. The Hall–Kier alpha value is -4.77. The number of benzene rings is 3. The minimum atomic E-state index is -0.667. The molecule has 2 amide bonds. The van der Waals surface area contributed by atoms with E-state index in [0.717, 1.165) is 0 Å². The van der Waals surface area contributed by atoms with Crippen molar-refractivity contribution < 1.29 is 38.1 Å². The molecule has 216 valence electrons. The number of carbonyl (C=O) groups is 3. The van der Waals surface area contributed by atoms with Gasteiger partial charge in [-0.15, -0.1) is 0 Å². The molecule has 3 rings (SSSR count). The Labute approximate surface area is 242 Å². The van der Waals surface area contributed by atoms with Crippen molar-refractivity contribution in [3.05, 3.63) is 76.3 Å². The summed E-state index contributed by atoms with van der Waals surface area (Å²) in [4.78, 5) is 37.1. The van der Waals surface area contributed by atoms with E-state index in [-0.39, 0.29) is 35.3 Å². The second-order valence-corrected chi connectivity index (χ2v) is 8.75. The Morgan fingerprint density at radius 2 is 1.54 bits per heavy atom. The van der Waals surface area contributed by atoms with Crippen molar-refractivity contribution in [2.24, 2.45) is 5.10 Å². The van der Waals surface area contributed by atoms with E-state index in [1.165, 1.54) is 46.8 Å². The van der Waals surface area contributed by atoms with Crippen LogP contribution >= 0.6 is 11.6 Å². The first-order valence-corrected chi connectivity index (χ1v) is 12.7. The standard InChI is InChI=1S/C29H30ClN3O8/c1-37-23-14-18(17-32-33-26(34)10-7-13-31-28(35)20-8-5-6-9-21(20)30)11-12-22(23)41-29(36)19-15-24(38-2)27(40-4)25(16-19)39-3/h5-6,8-9,11-12,14-17H,7,10,13H2,1-4H3,(H,31,35)(H,33,34). The molecule has 0 radical (unpaired) electrons. The first-order chi connectivity index (χ1) is 19.8. The summed E-state index contributed by atoms with van der Waals surface area (Å²) in [5.41, 5.74) is 3.57. The van der Waals surface area contributed by atoms with E-state index < -0.39 is 5.97 Å². The molecule has 0 bridgehead atoms. The highest BCUT2D eigenvalue weighted by atomic mass is 35.5. The molecule has 0 fully saturated rings. The fraction of sp³-hybridized carbons (Fsp3) is 0.241. The molecule has 0 atom stereocenters. The minimum Gasteiger partial charge on any atom is -0.493 e. The van der Waals surface area contributed by atoms with Crippen LogP contribution in [0.2, 0.25) is 5.02 Å². The first-order valence-electron chi connectivity index (χ1n) is 12.4. The van der Waals surface area contributed by atoms with Crippen molar-refractivity contribution in [3.8, 4) is 28.7 Å². The molecule has 0 heterocycles. The van der Waals surface area contributed by atoms with Gasteiger partial charge in [0.25, 0.3) is 5.91 Å². The topological polar surface area (TPSA) is 134 Å². The second kappa shape index (κ2) is 15.1. The predicted octanol–water partition coefficient (Wildman–Crippen LogP) is 4.25. The van der Waals surface area contributed by atoms with Gasteiger partial charge in [-0.1, -0.05) is 23.7 Å². The third kappa shape index (κ3) is 8.36. The van der Waals surface area contributed by atoms with Crippen molar-refractivity contribution >= 4 is 35.6 Å². The van der Waals surface area contributed by atoms with Crippen LogP contribution in [0.5, 0.6) is 28.7 Å². The lowest BCUT2D eigenvalue weighted by Crippen LogP contribution is -2.26. The molecular formula is C29H30ClN3O8. The van der Waals surface area contributed by atoms with Gasteiger partial charge < -0.3 is 29.0 Å². The third-order valence-electron chi connectivity index (χ3n) is 5.68. The predicted molar refractivity (Wildman–Crippen MR) is 153 cm³/mol. The molecule has 0 aliphatic rings. The molecule has 2 N–H and O–H groups in total. The van der Waals surface area contributed by atoms with Gasteiger partial charge in [-0.3, -0.25) is 9.59 Å². The number of hydrogen-bond donors (Lipinski definition) is 2. The molecule has 0 aliphatic heterocycles. The van der Waals surface area contributed by atoms with Gasteiger partial charge in [0.05, 0.1) is 50.8 Å². The van der Waals surface area contributed by atoms with Gasteiger partial charge in [-0.2, -0.15) is 5.10 Å². The Bertz CT molecular complexity index is 1400. The van der Waals surface area contributed by atoms with Gasteiger partial charge in [0.1, 0.15) is 0 Å². The Kier molecular flexibility index (Phi) is 11.4. The highest BCUT2D eigenvalue weighted by molar-refractivity contribution is 6.33. The number of nitrogens with zero attached hydrogens (tertiary/aromatic N) is 1. The van der Waals surface area contributed by atoms with E-state index in [2.05, 4.69) is 15.8 Å². The SMILES string of the molecule is COc1cc(C=NNC(=O)CCCNC(=O)c2ccccc2Cl)ccc1OC(=O)c1cc(OC)c(OC)c(OC)c1. The summed E-state index contributed by atoms with van der Waals surface area (Å²) in [7, 11) is 5.79. The van der Waals surface area contributed by atoms with Gasteiger partial charge in [0, 0.05) is 13.0 Å². The maximum Gasteiger partial charge on any atom is 0.343 e. The molecule has 3 aromatic rings. The van der Waals surface area contributed by atoms with Crippen LogP contribution in [0.3, 0.4) is 0 Å². The number of hydrazone groups is 1. The number of ether oxygens (including phenoxy) is 5. The monoisotopic (exact) mass is 583 g/mol.